The van der Waals surface area contributed by atoms with Crippen molar-refractivity contribution in [3.05, 3.63) is 0 Å². The molecule has 1 spiro atoms. The highest BCUT2D eigenvalue weighted by atomic mass is 16.5. The van der Waals surface area contributed by atoms with Gasteiger partial charge in [0.05, 0.1) is 13.2 Å². The van der Waals surface area contributed by atoms with Crippen LogP contribution in [0.15, 0.2) is 0 Å². The number of nitrogens with one attached hydrogen (secondary N) is 1. The van der Waals surface area contributed by atoms with E-state index in [2.05, 4.69) is 26.1 Å². The van der Waals surface area contributed by atoms with Crippen molar-refractivity contribution in [2.75, 3.05) is 19.8 Å². The van der Waals surface area contributed by atoms with Crippen LogP contribution in [0.1, 0.15) is 33.6 Å². The summed E-state index contributed by atoms with van der Waals surface area (Å²) in [6.07, 6.45) is 2.59. The van der Waals surface area contributed by atoms with E-state index in [1.807, 2.05) is 0 Å². The topological polar surface area (TPSA) is 21.3 Å². The lowest BCUT2D eigenvalue weighted by atomic mass is 9.86. The van der Waals surface area contributed by atoms with Crippen LogP contribution in [-0.4, -0.2) is 25.3 Å². The molecule has 0 aromatic heterocycles. The molecule has 0 radical (unpaired) electrons. The Bertz CT molecular complexity index is 194. The first kappa shape index (κ1) is 9.47. The minimum absolute atomic E-state index is 0.293. The van der Waals surface area contributed by atoms with Gasteiger partial charge < -0.3 is 10.1 Å². The van der Waals surface area contributed by atoms with E-state index in [1.54, 1.807) is 0 Å². The molecular formula is C11H21NO. The second-order valence-corrected chi connectivity index (χ2v) is 5.58. The Balaban J connectivity index is 2.13. The maximum absolute atomic E-state index is 5.61. The molecule has 76 valence electrons. The normalized spacial score (nSPS) is 44.1. The van der Waals surface area contributed by atoms with Crippen LogP contribution in [0, 0.1) is 11.3 Å². The minimum atomic E-state index is 0.293. The first-order valence-corrected chi connectivity index (χ1v) is 5.37. The van der Waals surface area contributed by atoms with Crippen LogP contribution in [0.3, 0.4) is 0 Å². The Morgan fingerprint density at radius 1 is 1.38 bits per heavy atom. The molecule has 1 heterocycles. The number of hydrogen-bond acceptors (Lipinski definition) is 2. The van der Waals surface area contributed by atoms with Gasteiger partial charge >= 0.3 is 0 Å². The lowest BCUT2D eigenvalue weighted by molar-refractivity contribution is 0.00967. The molecule has 1 aliphatic heterocycles. The van der Waals surface area contributed by atoms with Crippen molar-refractivity contribution in [3.8, 4) is 0 Å². The summed E-state index contributed by atoms with van der Waals surface area (Å²) >= 11 is 0. The Labute approximate surface area is 81.0 Å². The molecule has 0 aromatic rings. The standard InChI is InChI=1S/C11H21NO/c1-9-6-10(2,3)7-11(9)8-13-5-4-12-11/h9,12H,4-8H2,1-3H3. The van der Waals surface area contributed by atoms with Crippen molar-refractivity contribution in [2.24, 2.45) is 11.3 Å². The Kier molecular flexibility index (Phi) is 2.16. The second-order valence-electron chi connectivity index (χ2n) is 5.58. The van der Waals surface area contributed by atoms with Crippen LogP contribution in [0.5, 0.6) is 0 Å². The molecule has 1 saturated heterocycles. The maximum atomic E-state index is 5.61. The molecular weight excluding hydrogens is 162 g/mol. The van der Waals surface area contributed by atoms with Gasteiger partial charge in [0.1, 0.15) is 0 Å². The van der Waals surface area contributed by atoms with Gasteiger partial charge in [-0.05, 0) is 24.2 Å². The Hall–Kier alpha value is -0.0800. The molecule has 1 aliphatic carbocycles. The third kappa shape index (κ3) is 1.62. The van der Waals surface area contributed by atoms with Crippen molar-refractivity contribution in [2.45, 2.75) is 39.2 Å². The fourth-order valence-electron chi connectivity index (χ4n) is 3.23. The minimum Gasteiger partial charge on any atom is -0.378 e. The predicted octanol–water partition coefficient (Wildman–Crippen LogP) is 1.80. The third-order valence-corrected chi connectivity index (χ3v) is 3.68. The molecule has 2 rings (SSSR count). The molecule has 1 saturated carbocycles. The smallest absolute Gasteiger partial charge is 0.0651 e. The second kappa shape index (κ2) is 2.96. The number of ether oxygens (including phenoxy) is 1. The lowest BCUT2D eigenvalue weighted by Gasteiger charge is -2.39. The third-order valence-electron chi connectivity index (χ3n) is 3.68. The van der Waals surface area contributed by atoms with E-state index >= 15 is 0 Å². The zero-order valence-corrected chi connectivity index (χ0v) is 9.02. The summed E-state index contributed by atoms with van der Waals surface area (Å²) in [4.78, 5) is 0. The van der Waals surface area contributed by atoms with Gasteiger partial charge in [0.25, 0.3) is 0 Å². The van der Waals surface area contributed by atoms with Crippen LogP contribution in [0.25, 0.3) is 0 Å². The SMILES string of the molecule is CC1CC(C)(C)CC12COCCN2. The van der Waals surface area contributed by atoms with E-state index in [0.717, 1.165) is 25.7 Å². The largest absolute Gasteiger partial charge is 0.378 e. The molecule has 2 fully saturated rings. The summed E-state index contributed by atoms with van der Waals surface area (Å²) in [5.74, 6) is 0.753. The summed E-state index contributed by atoms with van der Waals surface area (Å²) in [5, 5.41) is 3.67. The van der Waals surface area contributed by atoms with E-state index in [-0.39, 0.29) is 0 Å². The van der Waals surface area contributed by atoms with Gasteiger partial charge in [0, 0.05) is 12.1 Å². The molecule has 2 heteroatoms. The van der Waals surface area contributed by atoms with Crippen LogP contribution < -0.4 is 5.32 Å². The molecule has 2 unspecified atom stereocenters. The predicted molar refractivity (Wildman–Crippen MR) is 53.7 cm³/mol. The van der Waals surface area contributed by atoms with Crippen LogP contribution in [0.2, 0.25) is 0 Å². The van der Waals surface area contributed by atoms with E-state index in [9.17, 15) is 0 Å². The average Bonchev–Trinajstić information content (AvgIpc) is 2.23. The highest BCUT2D eigenvalue weighted by molar-refractivity contribution is 5.05. The first-order chi connectivity index (χ1) is 6.04. The van der Waals surface area contributed by atoms with Gasteiger partial charge in [-0.3, -0.25) is 0 Å². The van der Waals surface area contributed by atoms with E-state index in [0.29, 0.717) is 11.0 Å². The van der Waals surface area contributed by atoms with Crippen molar-refractivity contribution in [1.29, 1.82) is 0 Å². The van der Waals surface area contributed by atoms with Gasteiger partial charge in [-0.15, -0.1) is 0 Å². The van der Waals surface area contributed by atoms with E-state index in [4.69, 9.17) is 4.74 Å². The Morgan fingerprint density at radius 3 is 2.62 bits per heavy atom. The molecule has 0 amide bonds. The molecule has 2 aliphatic rings. The monoisotopic (exact) mass is 183 g/mol. The van der Waals surface area contributed by atoms with Crippen molar-refractivity contribution >= 4 is 0 Å². The maximum Gasteiger partial charge on any atom is 0.0651 e. The number of morpholine rings is 1. The van der Waals surface area contributed by atoms with Crippen molar-refractivity contribution in [1.82, 2.24) is 5.32 Å². The summed E-state index contributed by atoms with van der Waals surface area (Å²) in [6.45, 7) is 9.92. The molecule has 1 N–H and O–H groups in total. The first-order valence-electron chi connectivity index (χ1n) is 5.37. The summed E-state index contributed by atoms with van der Waals surface area (Å²) < 4.78 is 5.61. The average molecular weight is 183 g/mol. The van der Waals surface area contributed by atoms with Gasteiger partial charge in [-0.1, -0.05) is 20.8 Å². The summed E-state index contributed by atoms with van der Waals surface area (Å²) in [7, 11) is 0. The highest BCUT2D eigenvalue weighted by Gasteiger charge is 2.49. The fraction of sp³-hybridized carbons (Fsp3) is 1.00. The Morgan fingerprint density at radius 2 is 2.15 bits per heavy atom. The van der Waals surface area contributed by atoms with Crippen LogP contribution in [-0.2, 0) is 4.74 Å². The summed E-state index contributed by atoms with van der Waals surface area (Å²) in [6, 6.07) is 0. The van der Waals surface area contributed by atoms with Gasteiger partial charge in [0.15, 0.2) is 0 Å². The van der Waals surface area contributed by atoms with Gasteiger partial charge in [-0.25, -0.2) is 0 Å². The molecule has 0 aromatic carbocycles. The van der Waals surface area contributed by atoms with E-state index in [1.165, 1.54) is 12.8 Å². The van der Waals surface area contributed by atoms with Crippen LogP contribution >= 0.6 is 0 Å². The number of hydrogen-bond donors (Lipinski definition) is 1. The van der Waals surface area contributed by atoms with Gasteiger partial charge in [-0.2, -0.15) is 0 Å². The quantitative estimate of drug-likeness (QED) is 0.618. The van der Waals surface area contributed by atoms with Crippen molar-refractivity contribution < 1.29 is 4.74 Å². The highest BCUT2D eigenvalue weighted by Crippen LogP contribution is 2.47. The fourth-order valence-corrected chi connectivity index (χ4v) is 3.23. The zero-order valence-electron chi connectivity index (χ0n) is 9.02. The van der Waals surface area contributed by atoms with Crippen LogP contribution in [0.4, 0.5) is 0 Å². The summed E-state index contributed by atoms with van der Waals surface area (Å²) in [5.41, 5.74) is 0.787. The van der Waals surface area contributed by atoms with Gasteiger partial charge in [0.2, 0.25) is 0 Å². The molecule has 2 atom stereocenters. The van der Waals surface area contributed by atoms with E-state index < -0.39 is 0 Å². The molecule has 0 bridgehead atoms. The number of rotatable bonds is 0. The van der Waals surface area contributed by atoms with Crippen molar-refractivity contribution in [3.63, 3.8) is 0 Å². The lowest BCUT2D eigenvalue weighted by Crippen LogP contribution is -2.56. The molecule has 2 nitrogen and oxygen atoms in total. The zero-order chi connectivity index (χ0) is 9.53. The molecule has 13 heavy (non-hydrogen) atoms.